The summed E-state index contributed by atoms with van der Waals surface area (Å²) >= 11 is 0. The fourth-order valence-corrected chi connectivity index (χ4v) is 5.44. The van der Waals surface area contributed by atoms with Crippen LogP contribution < -0.4 is 15.8 Å². The second kappa shape index (κ2) is 9.83. The third-order valence-electron chi connectivity index (χ3n) is 7.31. The van der Waals surface area contributed by atoms with Gasteiger partial charge in [0.05, 0.1) is 11.4 Å². The summed E-state index contributed by atoms with van der Waals surface area (Å²) in [6, 6.07) is 17.7. The number of para-hydroxylation sites is 1. The van der Waals surface area contributed by atoms with Crippen LogP contribution in [-0.4, -0.2) is 63.0 Å². The molecule has 0 radical (unpaired) electrons. The molecule has 0 aliphatic carbocycles. The quantitative estimate of drug-likeness (QED) is 0.436. The zero-order valence-electron chi connectivity index (χ0n) is 20.1. The van der Waals surface area contributed by atoms with E-state index in [1.54, 1.807) is 0 Å². The number of nitrogens with two attached hydrogens (primary N) is 1. The highest BCUT2D eigenvalue weighted by Gasteiger charge is 2.34. The number of ether oxygens (including phenoxy) is 1. The number of aromatic nitrogens is 4. The Hall–Kier alpha value is -3.56. The largest absolute Gasteiger partial charge is 0.457 e. The number of nitrogens with zero attached hydrogens (tertiary/aromatic N) is 5. The molecule has 2 aliphatic rings. The third kappa shape index (κ3) is 4.40. The maximum atomic E-state index is 14.5. The first-order valence-electron chi connectivity index (χ1n) is 12.6. The Morgan fingerprint density at radius 1 is 0.944 bits per heavy atom. The number of rotatable bonds is 5. The van der Waals surface area contributed by atoms with E-state index in [1.807, 2.05) is 59.3 Å². The monoisotopic (exact) mass is 487 g/mol. The van der Waals surface area contributed by atoms with Gasteiger partial charge < -0.3 is 15.8 Å². The molecular formula is C27H30FN7O. The summed E-state index contributed by atoms with van der Waals surface area (Å²) in [5, 5.41) is 8.91. The van der Waals surface area contributed by atoms with E-state index in [9.17, 15) is 4.39 Å². The Morgan fingerprint density at radius 3 is 2.44 bits per heavy atom. The maximum Gasteiger partial charge on any atom is 0.164 e. The average molecular weight is 488 g/mol. The Bertz CT molecular complexity index is 1320. The molecule has 36 heavy (non-hydrogen) atoms. The summed E-state index contributed by atoms with van der Waals surface area (Å²) in [5.74, 6) is 1.94. The number of anilines is 1. The van der Waals surface area contributed by atoms with E-state index in [-0.39, 0.29) is 12.1 Å². The van der Waals surface area contributed by atoms with Crippen molar-refractivity contribution in [3.63, 3.8) is 0 Å². The molecule has 0 amide bonds. The van der Waals surface area contributed by atoms with E-state index < -0.39 is 6.17 Å². The first kappa shape index (κ1) is 22.9. The number of benzene rings is 2. The molecule has 2 aromatic heterocycles. The van der Waals surface area contributed by atoms with Gasteiger partial charge >= 0.3 is 0 Å². The second-order valence-electron chi connectivity index (χ2n) is 9.53. The lowest BCUT2D eigenvalue weighted by atomic mass is 9.97. The number of alkyl halides is 1. The van der Waals surface area contributed by atoms with Crippen LogP contribution in [0.1, 0.15) is 25.3 Å². The van der Waals surface area contributed by atoms with Crippen molar-refractivity contribution in [3.8, 4) is 22.8 Å². The first-order valence-corrected chi connectivity index (χ1v) is 12.6. The van der Waals surface area contributed by atoms with Crippen LogP contribution in [0, 0.1) is 0 Å². The fourth-order valence-electron chi connectivity index (χ4n) is 5.44. The zero-order chi connectivity index (χ0) is 24.5. The zero-order valence-corrected chi connectivity index (χ0v) is 20.1. The van der Waals surface area contributed by atoms with Crippen molar-refractivity contribution in [2.24, 2.45) is 0 Å². The number of nitrogens with one attached hydrogen (secondary N) is 1. The maximum absolute atomic E-state index is 14.5. The van der Waals surface area contributed by atoms with E-state index >= 15 is 0 Å². The van der Waals surface area contributed by atoms with Crippen LogP contribution in [0.25, 0.3) is 22.3 Å². The van der Waals surface area contributed by atoms with Gasteiger partial charge in [-0.2, -0.15) is 5.10 Å². The Balaban J connectivity index is 1.25. The lowest BCUT2D eigenvalue weighted by Gasteiger charge is -2.40. The van der Waals surface area contributed by atoms with Gasteiger partial charge in [-0.05, 0) is 62.2 Å². The van der Waals surface area contributed by atoms with Crippen LogP contribution in [0.5, 0.6) is 11.5 Å². The van der Waals surface area contributed by atoms with Crippen molar-refractivity contribution in [1.29, 1.82) is 0 Å². The fraction of sp³-hybridized carbons (Fsp3) is 0.370. The molecule has 186 valence electrons. The van der Waals surface area contributed by atoms with E-state index in [0.29, 0.717) is 12.4 Å². The van der Waals surface area contributed by atoms with Gasteiger partial charge in [-0.1, -0.05) is 18.2 Å². The van der Waals surface area contributed by atoms with Crippen molar-refractivity contribution < 1.29 is 9.13 Å². The number of nitrogen functional groups attached to an aromatic ring is 1. The van der Waals surface area contributed by atoms with Gasteiger partial charge in [0.25, 0.3) is 0 Å². The van der Waals surface area contributed by atoms with Crippen molar-refractivity contribution in [1.82, 2.24) is 30.0 Å². The van der Waals surface area contributed by atoms with Crippen molar-refractivity contribution in [2.75, 3.05) is 31.9 Å². The van der Waals surface area contributed by atoms with Gasteiger partial charge in [0, 0.05) is 31.2 Å². The van der Waals surface area contributed by atoms with Gasteiger partial charge in [0.15, 0.2) is 5.65 Å². The molecule has 0 saturated carbocycles. The lowest BCUT2D eigenvalue weighted by Crippen LogP contribution is -2.53. The molecule has 2 unspecified atom stereocenters. The van der Waals surface area contributed by atoms with Gasteiger partial charge in [-0.15, -0.1) is 0 Å². The number of likely N-dealkylation sites (tertiary alicyclic amines) is 1. The molecule has 2 fully saturated rings. The summed E-state index contributed by atoms with van der Waals surface area (Å²) in [6.07, 6.45) is 3.32. The summed E-state index contributed by atoms with van der Waals surface area (Å²) < 4.78 is 22.4. The molecule has 4 heterocycles. The summed E-state index contributed by atoms with van der Waals surface area (Å²) in [7, 11) is 0. The first-order chi connectivity index (χ1) is 17.7. The summed E-state index contributed by atoms with van der Waals surface area (Å²) in [6.45, 7) is 3.02. The number of piperidine rings is 2. The SMILES string of the molecule is Nc1ncnc2c1c(-c1ccc(Oc3ccccc3)cc1)nn2C1CCN(C2CCNCC2F)CC1. The van der Waals surface area contributed by atoms with Crippen LogP contribution in [0.4, 0.5) is 10.2 Å². The van der Waals surface area contributed by atoms with Crippen LogP contribution in [0.15, 0.2) is 60.9 Å². The standard InChI is InChI=1S/C27H30FN7O/c28-22-16-30-13-10-23(22)34-14-11-19(12-15-34)35-27-24(26(29)31-17-32-27)25(33-35)18-6-8-21(9-7-18)36-20-4-2-1-3-5-20/h1-9,17,19,22-23,30H,10-16H2,(H2,29,31,32). The highest BCUT2D eigenvalue weighted by atomic mass is 19.1. The van der Waals surface area contributed by atoms with E-state index in [0.717, 1.165) is 72.7 Å². The molecular weight excluding hydrogens is 457 g/mol. The molecule has 8 nitrogen and oxygen atoms in total. The van der Waals surface area contributed by atoms with Crippen molar-refractivity contribution >= 4 is 16.9 Å². The highest BCUT2D eigenvalue weighted by Crippen LogP contribution is 2.35. The minimum absolute atomic E-state index is 0.00622. The molecule has 0 bridgehead atoms. The molecule has 2 saturated heterocycles. The molecule has 3 N–H and O–H groups in total. The second-order valence-corrected chi connectivity index (χ2v) is 9.53. The topological polar surface area (TPSA) is 94.1 Å². The number of hydrogen-bond donors (Lipinski definition) is 2. The van der Waals surface area contributed by atoms with Crippen LogP contribution in [0.2, 0.25) is 0 Å². The lowest BCUT2D eigenvalue weighted by molar-refractivity contribution is 0.0564. The van der Waals surface area contributed by atoms with Crippen LogP contribution in [0.3, 0.4) is 0 Å². The minimum atomic E-state index is -0.811. The van der Waals surface area contributed by atoms with Gasteiger partial charge in [0.2, 0.25) is 0 Å². The molecule has 9 heteroatoms. The predicted molar refractivity (Wildman–Crippen MR) is 138 cm³/mol. The smallest absolute Gasteiger partial charge is 0.164 e. The van der Waals surface area contributed by atoms with E-state index in [1.165, 1.54) is 6.33 Å². The van der Waals surface area contributed by atoms with Crippen molar-refractivity contribution in [3.05, 3.63) is 60.9 Å². The van der Waals surface area contributed by atoms with Gasteiger partial charge in [0.1, 0.15) is 35.5 Å². The number of halogens is 1. The van der Waals surface area contributed by atoms with E-state index in [2.05, 4.69) is 20.2 Å². The van der Waals surface area contributed by atoms with Gasteiger partial charge in [-0.3, -0.25) is 4.90 Å². The molecule has 2 aliphatic heterocycles. The van der Waals surface area contributed by atoms with E-state index in [4.69, 9.17) is 15.6 Å². The van der Waals surface area contributed by atoms with Crippen molar-refractivity contribution in [2.45, 2.75) is 37.5 Å². The summed E-state index contributed by atoms with van der Waals surface area (Å²) in [4.78, 5) is 11.1. The molecule has 0 spiro atoms. The van der Waals surface area contributed by atoms with Gasteiger partial charge in [-0.25, -0.2) is 19.0 Å². The number of fused-ring (bicyclic) bond motifs is 1. The van der Waals surface area contributed by atoms with Crippen LogP contribution in [-0.2, 0) is 0 Å². The predicted octanol–water partition coefficient (Wildman–Crippen LogP) is 4.20. The number of hydrogen-bond acceptors (Lipinski definition) is 7. The Morgan fingerprint density at radius 2 is 1.69 bits per heavy atom. The van der Waals surface area contributed by atoms with Crippen LogP contribution >= 0.6 is 0 Å². The summed E-state index contributed by atoms with van der Waals surface area (Å²) in [5.41, 5.74) is 8.75. The Labute approximate surface area is 209 Å². The third-order valence-corrected chi connectivity index (χ3v) is 7.31. The normalized spacial score (nSPS) is 21.6. The molecule has 4 aromatic rings. The molecule has 6 rings (SSSR count). The average Bonchev–Trinajstić information content (AvgIpc) is 3.31. The Kier molecular flexibility index (Phi) is 6.25. The minimum Gasteiger partial charge on any atom is -0.457 e. The highest BCUT2D eigenvalue weighted by molar-refractivity contribution is 5.98. The molecule has 2 atom stereocenters. The molecule has 2 aromatic carbocycles.